The number of hydrogen-bond donors (Lipinski definition) is 1. The summed E-state index contributed by atoms with van der Waals surface area (Å²) in [6, 6.07) is 13.2. The molecule has 1 N–H and O–H groups in total. The Bertz CT molecular complexity index is 583. The van der Waals surface area contributed by atoms with Gasteiger partial charge in [0.1, 0.15) is 5.82 Å². The zero-order valence-electron chi connectivity index (χ0n) is 11.8. The van der Waals surface area contributed by atoms with Gasteiger partial charge < -0.3 is 5.32 Å². The van der Waals surface area contributed by atoms with Gasteiger partial charge in [0.15, 0.2) is 0 Å². The molecule has 0 aliphatic rings. The van der Waals surface area contributed by atoms with Gasteiger partial charge in [-0.1, -0.05) is 41.1 Å². The Kier molecular flexibility index (Phi) is 5.32. The zero-order chi connectivity index (χ0) is 14.5. The van der Waals surface area contributed by atoms with Crippen LogP contribution in [-0.2, 0) is 0 Å². The fraction of sp³-hybridized carbons (Fsp3) is 0.294. The standard InChI is InChI=1S/C17H19BrFN/c1-3-9-20-17(13-5-4-6-14(18)10-13)16-11-15(19)8-7-12(16)2/h4-8,10-11,17,20H,3,9H2,1-2H3. The Morgan fingerprint density at radius 1 is 1.20 bits per heavy atom. The highest BCUT2D eigenvalue weighted by Crippen LogP contribution is 2.27. The van der Waals surface area contributed by atoms with Gasteiger partial charge in [0, 0.05) is 4.47 Å². The lowest BCUT2D eigenvalue weighted by Crippen LogP contribution is -2.24. The van der Waals surface area contributed by atoms with Crippen molar-refractivity contribution in [3.05, 3.63) is 69.4 Å². The first-order valence-electron chi connectivity index (χ1n) is 6.86. The average molecular weight is 336 g/mol. The van der Waals surface area contributed by atoms with E-state index in [0.717, 1.165) is 34.1 Å². The molecule has 3 heteroatoms. The summed E-state index contributed by atoms with van der Waals surface area (Å²) in [5, 5.41) is 3.51. The van der Waals surface area contributed by atoms with Gasteiger partial charge in [-0.15, -0.1) is 0 Å². The van der Waals surface area contributed by atoms with Crippen molar-refractivity contribution in [1.82, 2.24) is 5.32 Å². The molecule has 0 aromatic heterocycles. The number of nitrogens with one attached hydrogen (secondary N) is 1. The normalized spacial score (nSPS) is 12.4. The van der Waals surface area contributed by atoms with Crippen LogP contribution in [-0.4, -0.2) is 6.54 Å². The third-order valence-electron chi connectivity index (χ3n) is 3.33. The number of rotatable bonds is 5. The molecule has 0 heterocycles. The second-order valence-electron chi connectivity index (χ2n) is 4.94. The van der Waals surface area contributed by atoms with Crippen LogP contribution in [0.25, 0.3) is 0 Å². The fourth-order valence-electron chi connectivity index (χ4n) is 2.30. The summed E-state index contributed by atoms with van der Waals surface area (Å²) in [4.78, 5) is 0. The summed E-state index contributed by atoms with van der Waals surface area (Å²) in [5.41, 5.74) is 3.23. The van der Waals surface area contributed by atoms with E-state index < -0.39 is 0 Å². The lowest BCUT2D eigenvalue weighted by molar-refractivity contribution is 0.583. The Hall–Kier alpha value is -1.19. The van der Waals surface area contributed by atoms with Gasteiger partial charge in [0.2, 0.25) is 0 Å². The summed E-state index contributed by atoms with van der Waals surface area (Å²) in [6.07, 6.45) is 1.04. The predicted molar refractivity (Wildman–Crippen MR) is 85.4 cm³/mol. The summed E-state index contributed by atoms with van der Waals surface area (Å²) < 4.78 is 14.6. The minimum Gasteiger partial charge on any atom is -0.306 e. The molecular formula is C17H19BrFN. The van der Waals surface area contributed by atoms with Gasteiger partial charge in [-0.2, -0.15) is 0 Å². The van der Waals surface area contributed by atoms with Gasteiger partial charge in [-0.3, -0.25) is 0 Å². The van der Waals surface area contributed by atoms with E-state index in [-0.39, 0.29) is 11.9 Å². The van der Waals surface area contributed by atoms with E-state index in [1.165, 1.54) is 6.07 Å². The molecule has 0 aliphatic heterocycles. The Morgan fingerprint density at radius 2 is 2.00 bits per heavy atom. The summed E-state index contributed by atoms with van der Waals surface area (Å²) in [5.74, 6) is -0.191. The van der Waals surface area contributed by atoms with Crippen LogP contribution >= 0.6 is 15.9 Å². The van der Waals surface area contributed by atoms with E-state index in [0.29, 0.717) is 0 Å². The second-order valence-corrected chi connectivity index (χ2v) is 5.86. The van der Waals surface area contributed by atoms with Crippen LogP contribution in [0.4, 0.5) is 4.39 Å². The van der Waals surface area contributed by atoms with Crippen LogP contribution in [0.1, 0.15) is 36.1 Å². The van der Waals surface area contributed by atoms with Crippen molar-refractivity contribution in [3.63, 3.8) is 0 Å². The van der Waals surface area contributed by atoms with Crippen LogP contribution in [0.2, 0.25) is 0 Å². The lowest BCUT2D eigenvalue weighted by atomic mass is 9.95. The largest absolute Gasteiger partial charge is 0.306 e. The highest BCUT2D eigenvalue weighted by molar-refractivity contribution is 9.10. The minimum atomic E-state index is -0.191. The highest BCUT2D eigenvalue weighted by Gasteiger charge is 2.16. The molecule has 2 rings (SSSR count). The zero-order valence-corrected chi connectivity index (χ0v) is 13.4. The van der Waals surface area contributed by atoms with Crippen LogP contribution in [0, 0.1) is 12.7 Å². The number of halogens is 2. The molecule has 0 bridgehead atoms. The smallest absolute Gasteiger partial charge is 0.123 e. The first-order chi connectivity index (χ1) is 9.61. The number of benzene rings is 2. The predicted octanol–water partition coefficient (Wildman–Crippen LogP) is 4.99. The first-order valence-corrected chi connectivity index (χ1v) is 7.66. The SMILES string of the molecule is CCCNC(c1cccc(Br)c1)c1cc(F)ccc1C. The van der Waals surface area contributed by atoms with Gasteiger partial charge in [0.05, 0.1) is 6.04 Å². The van der Waals surface area contributed by atoms with Crippen molar-refractivity contribution in [2.45, 2.75) is 26.3 Å². The summed E-state index contributed by atoms with van der Waals surface area (Å²) in [7, 11) is 0. The molecule has 2 aromatic carbocycles. The van der Waals surface area contributed by atoms with E-state index in [2.05, 4.69) is 40.3 Å². The third-order valence-corrected chi connectivity index (χ3v) is 3.83. The van der Waals surface area contributed by atoms with Crippen molar-refractivity contribution in [1.29, 1.82) is 0 Å². The monoisotopic (exact) mass is 335 g/mol. The van der Waals surface area contributed by atoms with Crippen molar-refractivity contribution in [2.75, 3.05) is 6.54 Å². The van der Waals surface area contributed by atoms with Gasteiger partial charge in [-0.25, -0.2) is 4.39 Å². The third kappa shape index (κ3) is 3.68. The van der Waals surface area contributed by atoms with Crippen LogP contribution < -0.4 is 5.32 Å². The molecule has 0 radical (unpaired) electrons. The maximum atomic E-state index is 13.6. The summed E-state index contributed by atoms with van der Waals surface area (Å²) in [6.45, 7) is 5.05. The fourth-order valence-corrected chi connectivity index (χ4v) is 2.72. The molecule has 1 unspecified atom stereocenters. The molecule has 0 fully saturated rings. The maximum Gasteiger partial charge on any atom is 0.123 e. The molecule has 0 saturated heterocycles. The molecule has 0 aliphatic carbocycles. The molecular weight excluding hydrogens is 317 g/mol. The molecule has 20 heavy (non-hydrogen) atoms. The number of aryl methyl sites for hydroxylation is 1. The second kappa shape index (κ2) is 7.00. The van der Waals surface area contributed by atoms with E-state index in [4.69, 9.17) is 0 Å². The van der Waals surface area contributed by atoms with Crippen LogP contribution in [0.5, 0.6) is 0 Å². The first kappa shape index (κ1) is 15.2. The molecule has 0 saturated carbocycles. The minimum absolute atomic E-state index is 0.0168. The van der Waals surface area contributed by atoms with E-state index in [1.54, 1.807) is 6.07 Å². The topological polar surface area (TPSA) is 12.0 Å². The lowest BCUT2D eigenvalue weighted by Gasteiger charge is -2.22. The van der Waals surface area contributed by atoms with Crippen molar-refractivity contribution >= 4 is 15.9 Å². The van der Waals surface area contributed by atoms with E-state index >= 15 is 0 Å². The Labute approximate surface area is 128 Å². The Balaban J connectivity index is 2.44. The Morgan fingerprint density at radius 3 is 2.70 bits per heavy atom. The number of hydrogen-bond acceptors (Lipinski definition) is 1. The summed E-state index contributed by atoms with van der Waals surface area (Å²) >= 11 is 3.50. The van der Waals surface area contributed by atoms with Gasteiger partial charge >= 0.3 is 0 Å². The quantitative estimate of drug-likeness (QED) is 0.811. The molecule has 0 amide bonds. The molecule has 2 aromatic rings. The maximum absolute atomic E-state index is 13.6. The van der Waals surface area contributed by atoms with Crippen molar-refractivity contribution in [2.24, 2.45) is 0 Å². The van der Waals surface area contributed by atoms with E-state index in [1.807, 2.05) is 25.1 Å². The van der Waals surface area contributed by atoms with Crippen molar-refractivity contribution < 1.29 is 4.39 Å². The van der Waals surface area contributed by atoms with Gasteiger partial charge in [-0.05, 0) is 60.8 Å². The molecule has 1 nitrogen and oxygen atoms in total. The van der Waals surface area contributed by atoms with Gasteiger partial charge in [0.25, 0.3) is 0 Å². The average Bonchev–Trinajstić information content (AvgIpc) is 2.43. The molecule has 106 valence electrons. The van der Waals surface area contributed by atoms with E-state index in [9.17, 15) is 4.39 Å². The molecule has 1 atom stereocenters. The molecule has 0 spiro atoms. The van der Waals surface area contributed by atoms with Crippen LogP contribution in [0.15, 0.2) is 46.9 Å². The highest BCUT2D eigenvalue weighted by atomic mass is 79.9. The van der Waals surface area contributed by atoms with Crippen molar-refractivity contribution in [3.8, 4) is 0 Å². The van der Waals surface area contributed by atoms with Crippen LogP contribution in [0.3, 0.4) is 0 Å².